The smallest absolute Gasteiger partial charge is 0.330 e. The van der Waals surface area contributed by atoms with Crippen LogP contribution in [0.2, 0.25) is 0 Å². The first kappa shape index (κ1) is 28.8. The molecule has 198 valence electrons. The van der Waals surface area contributed by atoms with Gasteiger partial charge in [-0.3, -0.25) is 23.7 Å². The third-order valence-electron chi connectivity index (χ3n) is 4.77. The Hall–Kier alpha value is -3.39. The normalized spacial score (nSPS) is 21.5. The fourth-order valence-electron chi connectivity index (χ4n) is 3.38. The largest absolute Gasteiger partial charge is 0.463 e. The van der Waals surface area contributed by atoms with Gasteiger partial charge in [-0.2, -0.15) is 0 Å². The molecule has 36 heavy (non-hydrogen) atoms. The van der Waals surface area contributed by atoms with Crippen molar-refractivity contribution in [2.24, 2.45) is 7.05 Å². The maximum Gasteiger partial charge on any atom is 0.330 e. The topological polar surface area (TPSA) is 161 Å². The van der Waals surface area contributed by atoms with Crippen LogP contribution in [-0.2, 0) is 49.9 Å². The van der Waals surface area contributed by atoms with Gasteiger partial charge in [-0.25, -0.2) is 9.78 Å². The van der Waals surface area contributed by atoms with Gasteiger partial charge >= 0.3 is 23.9 Å². The summed E-state index contributed by atoms with van der Waals surface area (Å²) in [5, 5.41) is 3.25. The maximum atomic E-state index is 13.0. The molecule has 1 aromatic heterocycles. The molecule has 2 rings (SSSR count). The van der Waals surface area contributed by atoms with Crippen LogP contribution in [0, 0.1) is 0 Å². The van der Waals surface area contributed by atoms with Crippen LogP contribution in [-0.4, -0.2) is 77.4 Å². The number of nitrogens with zero attached hydrogens (tertiary/aromatic N) is 2. The summed E-state index contributed by atoms with van der Waals surface area (Å²) in [6.45, 7) is 5.04. The molecule has 4 atom stereocenters. The lowest BCUT2D eigenvalue weighted by Gasteiger charge is -2.40. The molecule has 2 heterocycles. The van der Waals surface area contributed by atoms with Gasteiger partial charge in [-0.1, -0.05) is 11.8 Å². The molecule has 1 aromatic rings. The summed E-state index contributed by atoms with van der Waals surface area (Å²) >= 11 is 1.20. The first-order chi connectivity index (χ1) is 17.0. The van der Waals surface area contributed by atoms with Crippen LogP contribution in [0.3, 0.4) is 0 Å². The zero-order chi connectivity index (χ0) is 27.0. The summed E-state index contributed by atoms with van der Waals surface area (Å²) in [6, 6.07) is 0. The lowest BCUT2D eigenvalue weighted by atomic mass is 10.0. The Balaban J connectivity index is 2.53. The monoisotopic (exact) mass is 527 g/mol. The second kappa shape index (κ2) is 13.1. The van der Waals surface area contributed by atoms with E-state index >= 15 is 0 Å². The van der Waals surface area contributed by atoms with Gasteiger partial charge < -0.3 is 29.0 Å². The fraction of sp³-hybridized carbons (Fsp3) is 0.545. The number of aromatic nitrogens is 2. The van der Waals surface area contributed by atoms with E-state index in [9.17, 15) is 24.0 Å². The first-order valence-electron chi connectivity index (χ1n) is 10.9. The van der Waals surface area contributed by atoms with Crippen molar-refractivity contribution in [2.75, 3.05) is 24.8 Å². The second-order valence-electron chi connectivity index (χ2n) is 7.50. The summed E-state index contributed by atoms with van der Waals surface area (Å²) in [7, 11) is 1.52. The molecule has 0 saturated carbocycles. The van der Waals surface area contributed by atoms with Gasteiger partial charge in [-0.05, 0) is 19.3 Å². The van der Waals surface area contributed by atoms with Crippen molar-refractivity contribution in [3.8, 4) is 0 Å². The highest BCUT2D eigenvalue weighted by molar-refractivity contribution is 7.98. The Morgan fingerprint density at radius 3 is 2.28 bits per heavy atom. The average molecular weight is 528 g/mol. The number of carbonyl (C=O) groups excluding carboxylic acids is 4. The van der Waals surface area contributed by atoms with Crippen molar-refractivity contribution in [3.63, 3.8) is 0 Å². The molecule has 13 nitrogen and oxygen atoms in total. The summed E-state index contributed by atoms with van der Waals surface area (Å²) in [4.78, 5) is 64.6. The van der Waals surface area contributed by atoms with E-state index in [1.165, 1.54) is 36.4 Å². The fourth-order valence-corrected chi connectivity index (χ4v) is 3.92. The predicted molar refractivity (Wildman–Crippen MR) is 127 cm³/mol. The zero-order valence-electron chi connectivity index (χ0n) is 20.8. The zero-order valence-corrected chi connectivity index (χ0v) is 21.6. The third-order valence-corrected chi connectivity index (χ3v) is 5.50. The van der Waals surface area contributed by atoms with Gasteiger partial charge in [0.05, 0.1) is 18.8 Å². The molecule has 0 aromatic carbocycles. The molecule has 4 unspecified atom stereocenters. The minimum Gasteiger partial charge on any atom is -0.463 e. The molecule has 1 N–H and O–H groups in total. The Bertz CT molecular complexity index is 1090. The van der Waals surface area contributed by atoms with Crippen molar-refractivity contribution in [1.29, 1.82) is 0 Å². The highest BCUT2D eigenvalue weighted by Gasteiger charge is 2.47. The van der Waals surface area contributed by atoms with Crippen LogP contribution < -0.4 is 10.9 Å². The van der Waals surface area contributed by atoms with Gasteiger partial charge in [0.2, 0.25) is 0 Å². The molecule has 0 amide bonds. The molecule has 1 saturated heterocycles. The quantitative estimate of drug-likeness (QED) is 0.157. The average Bonchev–Trinajstić information content (AvgIpc) is 2.78. The Labute approximate surface area is 211 Å². The van der Waals surface area contributed by atoms with Crippen LogP contribution in [0.5, 0.6) is 0 Å². The van der Waals surface area contributed by atoms with E-state index in [0.29, 0.717) is 5.16 Å². The molecular weight excluding hydrogens is 498 g/mol. The highest BCUT2D eigenvalue weighted by atomic mass is 32.2. The molecule has 1 aliphatic rings. The molecule has 0 bridgehead atoms. The highest BCUT2D eigenvalue weighted by Crippen LogP contribution is 2.27. The maximum absolute atomic E-state index is 13.0. The number of thioether (sulfide) groups is 1. The van der Waals surface area contributed by atoms with E-state index in [-0.39, 0.29) is 24.6 Å². The number of anilines is 1. The minimum absolute atomic E-state index is 0.000302. The SMILES string of the molecule is CCOC(=O)/C=C/c1c(NC2OCC(OC(C)=O)C(OC(C)=O)C2OC(C)=O)nc(SC)n(C)c1=O. The van der Waals surface area contributed by atoms with Crippen molar-refractivity contribution in [3.05, 3.63) is 22.0 Å². The molecular formula is C22H29N3O10S. The Kier molecular flexibility index (Phi) is 10.5. The lowest BCUT2D eigenvalue weighted by molar-refractivity contribution is -0.221. The number of hydrogen-bond acceptors (Lipinski definition) is 13. The van der Waals surface area contributed by atoms with Crippen molar-refractivity contribution < 1.29 is 42.9 Å². The summed E-state index contributed by atoms with van der Waals surface area (Å²) in [5.41, 5.74) is -0.480. The van der Waals surface area contributed by atoms with Crippen molar-refractivity contribution in [2.45, 2.75) is 57.4 Å². The van der Waals surface area contributed by atoms with E-state index in [0.717, 1.165) is 19.9 Å². The van der Waals surface area contributed by atoms with Crippen LogP contribution in [0.1, 0.15) is 33.3 Å². The van der Waals surface area contributed by atoms with Crippen molar-refractivity contribution >= 4 is 47.5 Å². The standard InChI is InChI=1S/C22H29N3O10S/c1-7-31-16(29)9-8-14-19(24-22(36-6)25(5)21(14)30)23-20-18(35-13(4)28)17(34-12(3)27)15(10-32-20)33-11(2)26/h8-9,15,17-18,20,23H,7,10H2,1-6H3/b9-8+. The van der Waals surface area contributed by atoms with Crippen LogP contribution in [0.25, 0.3) is 6.08 Å². The van der Waals surface area contributed by atoms with Gasteiger partial charge in [0.15, 0.2) is 29.7 Å². The molecule has 0 spiro atoms. The first-order valence-corrected chi connectivity index (χ1v) is 12.1. The van der Waals surface area contributed by atoms with Gasteiger partial charge in [0.25, 0.3) is 5.56 Å². The summed E-state index contributed by atoms with van der Waals surface area (Å²) in [6.07, 6.45) is -0.686. The van der Waals surface area contributed by atoms with E-state index in [1.807, 2.05) is 0 Å². The molecule has 0 aliphatic carbocycles. The van der Waals surface area contributed by atoms with Crippen LogP contribution in [0.4, 0.5) is 5.82 Å². The van der Waals surface area contributed by atoms with Gasteiger partial charge in [-0.15, -0.1) is 0 Å². The number of ether oxygens (including phenoxy) is 5. The third kappa shape index (κ3) is 7.55. The number of esters is 4. The van der Waals surface area contributed by atoms with E-state index in [1.54, 1.807) is 13.2 Å². The van der Waals surface area contributed by atoms with Gasteiger partial charge in [0.1, 0.15) is 5.82 Å². The van der Waals surface area contributed by atoms with Crippen LogP contribution in [0.15, 0.2) is 16.0 Å². The minimum atomic E-state index is -1.28. The number of rotatable bonds is 9. The molecule has 0 radical (unpaired) electrons. The number of carbonyl (C=O) groups is 4. The summed E-state index contributed by atoms with van der Waals surface area (Å²) < 4.78 is 27.8. The summed E-state index contributed by atoms with van der Waals surface area (Å²) in [5.74, 6) is -2.73. The predicted octanol–water partition coefficient (Wildman–Crippen LogP) is 0.642. The lowest BCUT2D eigenvalue weighted by Crippen LogP contribution is -2.59. The molecule has 1 aliphatic heterocycles. The number of nitrogens with one attached hydrogen (secondary N) is 1. The van der Waals surface area contributed by atoms with E-state index < -0.39 is 54.0 Å². The van der Waals surface area contributed by atoms with Crippen molar-refractivity contribution in [1.82, 2.24) is 9.55 Å². The Morgan fingerprint density at radius 1 is 1.11 bits per heavy atom. The Morgan fingerprint density at radius 2 is 1.72 bits per heavy atom. The molecule has 14 heteroatoms. The van der Waals surface area contributed by atoms with Crippen LogP contribution >= 0.6 is 11.8 Å². The number of hydrogen-bond donors (Lipinski definition) is 1. The molecule has 1 fully saturated rings. The van der Waals surface area contributed by atoms with Gasteiger partial charge in [0, 0.05) is 33.9 Å². The van der Waals surface area contributed by atoms with E-state index in [2.05, 4.69) is 10.3 Å². The second-order valence-corrected chi connectivity index (χ2v) is 8.28. The van der Waals surface area contributed by atoms with E-state index in [4.69, 9.17) is 23.7 Å².